The Morgan fingerprint density at radius 3 is 2.38 bits per heavy atom. The fourth-order valence-electron chi connectivity index (χ4n) is 2.38. The standard InChI is InChI=1S/C17H20FNO2/c1-19-15(11-13-6-4-5-7-16(13)20-2)12-8-9-17(21-3)14(18)10-12/h4-10,15,19H,11H2,1-3H3. The van der Waals surface area contributed by atoms with Crippen LogP contribution in [0.2, 0.25) is 0 Å². The summed E-state index contributed by atoms with van der Waals surface area (Å²) in [4.78, 5) is 0. The van der Waals surface area contributed by atoms with Gasteiger partial charge < -0.3 is 14.8 Å². The first-order chi connectivity index (χ1) is 10.2. The van der Waals surface area contributed by atoms with E-state index in [1.54, 1.807) is 13.2 Å². The lowest BCUT2D eigenvalue weighted by Gasteiger charge is -2.19. The summed E-state index contributed by atoms with van der Waals surface area (Å²) in [6.07, 6.45) is 0.715. The number of para-hydroxylation sites is 1. The first-order valence-electron chi connectivity index (χ1n) is 6.82. The van der Waals surface area contributed by atoms with Crippen LogP contribution >= 0.6 is 0 Å². The highest BCUT2D eigenvalue weighted by Gasteiger charge is 2.15. The third kappa shape index (κ3) is 3.52. The number of halogens is 1. The van der Waals surface area contributed by atoms with Gasteiger partial charge in [-0.25, -0.2) is 4.39 Å². The number of likely N-dealkylation sites (N-methyl/N-ethyl adjacent to an activating group) is 1. The third-order valence-corrected chi connectivity index (χ3v) is 3.54. The van der Waals surface area contributed by atoms with E-state index in [-0.39, 0.29) is 17.6 Å². The number of rotatable bonds is 6. The van der Waals surface area contributed by atoms with E-state index in [1.807, 2.05) is 37.4 Å². The first-order valence-corrected chi connectivity index (χ1v) is 6.82. The molecule has 4 heteroatoms. The average Bonchev–Trinajstić information content (AvgIpc) is 2.52. The van der Waals surface area contributed by atoms with E-state index in [9.17, 15) is 4.39 Å². The van der Waals surface area contributed by atoms with Crippen molar-refractivity contribution in [2.45, 2.75) is 12.5 Å². The SMILES string of the molecule is CNC(Cc1ccccc1OC)c1ccc(OC)c(F)c1. The average molecular weight is 289 g/mol. The second-order valence-electron chi connectivity index (χ2n) is 4.75. The largest absolute Gasteiger partial charge is 0.496 e. The van der Waals surface area contributed by atoms with Crippen molar-refractivity contribution in [3.05, 3.63) is 59.4 Å². The van der Waals surface area contributed by atoms with E-state index in [0.717, 1.165) is 16.9 Å². The first kappa shape index (κ1) is 15.3. The Bertz CT molecular complexity index is 601. The van der Waals surface area contributed by atoms with Gasteiger partial charge in [0.25, 0.3) is 0 Å². The van der Waals surface area contributed by atoms with Gasteiger partial charge in [0.15, 0.2) is 11.6 Å². The van der Waals surface area contributed by atoms with E-state index in [1.165, 1.54) is 13.2 Å². The van der Waals surface area contributed by atoms with Crippen molar-refractivity contribution in [1.29, 1.82) is 0 Å². The summed E-state index contributed by atoms with van der Waals surface area (Å²) in [6, 6.07) is 12.9. The highest BCUT2D eigenvalue weighted by molar-refractivity contribution is 5.36. The molecule has 1 atom stereocenters. The molecule has 0 aliphatic carbocycles. The molecule has 2 aromatic rings. The molecule has 0 heterocycles. The van der Waals surface area contributed by atoms with Crippen LogP contribution in [0.1, 0.15) is 17.2 Å². The molecule has 0 radical (unpaired) electrons. The van der Waals surface area contributed by atoms with Crippen LogP contribution in [0, 0.1) is 5.82 Å². The minimum absolute atomic E-state index is 0.00158. The maximum absolute atomic E-state index is 13.9. The van der Waals surface area contributed by atoms with Crippen LogP contribution in [0.5, 0.6) is 11.5 Å². The molecule has 1 unspecified atom stereocenters. The number of ether oxygens (including phenoxy) is 2. The van der Waals surface area contributed by atoms with Crippen molar-refractivity contribution in [1.82, 2.24) is 5.32 Å². The molecule has 0 aliphatic heterocycles. The van der Waals surface area contributed by atoms with Crippen molar-refractivity contribution in [2.75, 3.05) is 21.3 Å². The number of hydrogen-bond donors (Lipinski definition) is 1. The molecule has 0 amide bonds. The molecule has 1 N–H and O–H groups in total. The van der Waals surface area contributed by atoms with Crippen LogP contribution < -0.4 is 14.8 Å². The zero-order valence-electron chi connectivity index (χ0n) is 12.5. The predicted molar refractivity (Wildman–Crippen MR) is 81.5 cm³/mol. The van der Waals surface area contributed by atoms with Gasteiger partial charge in [0.05, 0.1) is 14.2 Å². The molecule has 112 valence electrons. The summed E-state index contributed by atoms with van der Waals surface area (Å²) < 4.78 is 24.2. The Kier molecular flexibility index (Phi) is 5.17. The van der Waals surface area contributed by atoms with Crippen LogP contribution in [0.3, 0.4) is 0 Å². The molecule has 0 aliphatic rings. The molecular formula is C17H20FNO2. The van der Waals surface area contributed by atoms with Crippen molar-refractivity contribution in [2.24, 2.45) is 0 Å². The summed E-state index contributed by atoms with van der Waals surface area (Å²) in [5.74, 6) is 0.743. The van der Waals surface area contributed by atoms with Gasteiger partial charge in [0.2, 0.25) is 0 Å². The van der Waals surface area contributed by atoms with E-state index in [0.29, 0.717) is 6.42 Å². The van der Waals surface area contributed by atoms with Crippen LogP contribution in [0.4, 0.5) is 4.39 Å². The lowest BCUT2D eigenvalue weighted by atomic mass is 9.98. The van der Waals surface area contributed by atoms with Crippen molar-refractivity contribution < 1.29 is 13.9 Å². The smallest absolute Gasteiger partial charge is 0.165 e. The predicted octanol–water partition coefficient (Wildman–Crippen LogP) is 3.35. The van der Waals surface area contributed by atoms with E-state index in [4.69, 9.17) is 9.47 Å². The fraction of sp³-hybridized carbons (Fsp3) is 0.294. The summed E-state index contributed by atoms with van der Waals surface area (Å²) in [5.41, 5.74) is 1.96. The molecule has 21 heavy (non-hydrogen) atoms. The maximum Gasteiger partial charge on any atom is 0.165 e. The molecule has 0 bridgehead atoms. The summed E-state index contributed by atoms with van der Waals surface area (Å²) in [7, 11) is 4.98. The molecular weight excluding hydrogens is 269 g/mol. The number of nitrogens with one attached hydrogen (secondary N) is 1. The molecule has 0 fully saturated rings. The highest BCUT2D eigenvalue weighted by atomic mass is 19.1. The summed E-state index contributed by atoms with van der Waals surface area (Å²) in [6.45, 7) is 0. The van der Waals surface area contributed by atoms with Crippen LogP contribution in [-0.2, 0) is 6.42 Å². The minimum Gasteiger partial charge on any atom is -0.496 e. The third-order valence-electron chi connectivity index (χ3n) is 3.54. The van der Waals surface area contributed by atoms with Gasteiger partial charge >= 0.3 is 0 Å². The lowest BCUT2D eigenvalue weighted by Crippen LogP contribution is -2.19. The van der Waals surface area contributed by atoms with Crippen LogP contribution in [-0.4, -0.2) is 21.3 Å². The van der Waals surface area contributed by atoms with Crippen LogP contribution in [0.25, 0.3) is 0 Å². The molecule has 2 aromatic carbocycles. The molecule has 3 nitrogen and oxygen atoms in total. The van der Waals surface area contributed by atoms with E-state index < -0.39 is 0 Å². The van der Waals surface area contributed by atoms with E-state index in [2.05, 4.69) is 5.32 Å². The quantitative estimate of drug-likeness (QED) is 0.884. The van der Waals surface area contributed by atoms with Gasteiger partial charge in [0, 0.05) is 6.04 Å². The van der Waals surface area contributed by atoms with Crippen molar-refractivity contribution in [3.8, 4) is 11.5 Å². The lowest BCUT2D eigenvalue weighted by molar-refractivity contribution is 0.385. The van der Waals surface area contributed by atoms with Crippen molar-refractivity contribution in [3.63, 3.8) is 0 Å². The van der Waals surface area contributed by atoms with Gasteiger partial charge in [-0.2, -0.15) is 0 Å². The highest BCUT2D eigenvalue weighted by Crippen LogP contribution is 2.27. The van der Waals surface area contributed by atoms with E-state index >= 15 is 0 Å². The maximum atomic E-state index is 13.9. The normalized spacial score (nSPS) is 12.0. The summed E-state index contributed by atoms with van der Waals surface area (Å²) >= 11 is 0. The molecule has 0 spiro atoms. The van der Waals surface area contributed by atoms with Gasteiger partial charge in [0.1, 0.15) is 5.75 Å². The second-order valence-corrected chi connectivity index (χ2v) is 4.75. The van der Waals surface area contributed by atoms with Gasteiger partial charge in [-0.1, -0.05) is 24.3 Å². The Morgan fingerprint density at radius 2 is 1.76 bits per heavy atom. The fourth-order valence-corrected chi connectivity index (χ4v) is 2.38. The number of methoxy groups -OCH3 is 2. The van der Waals surface area contributed by atoms with Crippen LogP contribution in [0.15, 0.2) is 42.5 Å². The Morgan fingerprint density at radius 1 is 1.05 bits per heavy atom. The summed E-state index contributed by atoms with van der Waals surface area (Å²) in [5, 5.41) is 3.22. The zero-order valence-corrected chi connectivity index (χ0v) is 12.5. The number of hydrogen-bond acceptors (Lipinski definition) is 3. The topological polar surface area (TPSA) is 30.5 Å². The molecule has 0 aromatic heterocycles. The van der Waals surface area contributed by atoms with Gasteiger partial charge in [-0.15, -0.1) is 0 Å². The van der Waals surface area contributed by atoms with Crippen molar-refractivity contribution >= 4 is 0 Å². The Labute approximate surface area is 124 Å². The Balaban J connectivity index is 2.25. The Hall–Kier alpha value is -2.07. The number of benzene rings is 2. The molecule has 0 saturated carbocycles. The van der Waals surface area contributed by atoms with Gasteiger partial charge in [-0.05, 0) is 42.8 Å². The monoisotopic (exact) mass is 289 g/mol. The molecule has 2 rings (SSSR count). The second kappa shape index (κ2) is 7.09. The van der Waals surface area contributed by atoms with Gasteiger partial charge in [-0.3, -0.25) is 0 Å². The minimum atomic E-state index is -0.352. The molecule has 0 saturated heterocycles. The zero-order chi connectivity index (χ0) is 15.2.